The quantitative estimate of drug-likeness (QED) is 0.493. The van der Waals surface area contributed by atoms with Crippen molar-refractivity contribution in [2.45, 2.75) is 52.2 Å². The van der Waals surface area contributed by atoms with Crippen LogP contribution in [0.3, 0.4) is 0 Å². The number of nitrogens with one attached hydrogen (secondary N) is 1. The number of hydrazone groups is 1. The molecule has 118 valence electrons. The fourth-order valence-electron chi connectivity index (χ4n) is 2.28. The van der Waals surface area contributed by atoms with Gasteiger partial charge >= 0.3 is 6.09 Å². The van der Waals surface area contributed by atoms with Gasteiger partial charge in [0, 0.05) is 19.8 Å². The number of hydrogen-bond donors (Lipinski definition) is 1. The van der Waals surface area contributed by atoms with Crippen LogP contribution in [0.2, 0.25) is 0 Å². The molecule has 1 rings (SSSR count). The highest BCUT2D eigenvalue weighted by Crippen LogP contribution is 2.19. The summed E-state index contributed by atoms with van der Waals surface area (Å²) >= 11 is 0. The Bertz CT molecular complexity index is 428. The number of amidine groups is 1. The van der Waals surface area contributed by atoms with Gasteiger partial charge in [-0.05, 0) is 40.5 Å². The Morgan fingerprint density at radius 1 is 1.52 bits per heavy atom. The molecule has 1 fully saturated rings. The first-order chi connectivity index (χ1) is 9.78. The molecule has 1 heterocycles. The standard InChI is InChI=1S/C14H25N5O2/c1-11(17-10-15)19(16-5)12-7-6-8-18(9-12)13(20)21-14(2,3)4/h10,12,15H,5-9H2,1-4H3/t12-/m1/s1. The summed E-state index contributed by atoms with van der Waals surface area (Å²) in [5.74, 6) is 0.594. The molecule has 0 radical (unpaired) electrons. The summed E-state index contributed by atoms with van der Waals surface area (Å²) < 4.78 is 5.40. The van der Waals surface area contributed by atoms with Crippen LogP contribution in [0.1, 0.15) is 40.5 Å². The third-order valence-corrected chi connectivity index (χ3v) is 3.13. The zero-order valence-electron chi connectivity index (χ0n) is 13.3. The van der Waals surface area contributed by atoms with Gasteiger partial charge in [-0.1, -0.05) is 0 Å². The first-order valence-corrected chi connectivity index (χ1v) is 7.05. The Morgan fingerprint density at radius 3 is 2.71 bits per heavy atom. The van der Waals surface area contributed by atoms with Crippen molar-refractivity contribution in [1.29, 1.82) is 5.41 Å². The van der Waals surface area contributed by atoms with E-state index < -0.39 is 5.60 Å². The van der Waals surface area contributed by atoms with Gasteiger partial charge in [0.05, 0.1) is 6.04 Å². The summed E-state index contributed by atoms with van der Waals surface area (Å²) in [7, 11) is 0. The first-order valence-electron chi connectivity index (χ1n) is 7.05. The Morgan fingerprint density at radius 2 is 2.19 bits per heavy atom. The molecule has 7 nitrogen and oxygen atoms in total. The molecule has 1 amide bonds. The number of carbonyl (C=O) groups excluding carboxylic acids is 1. The Kier molecular flexibility index (Phi) is 5.87. The molecule has 1 aliphatic heterocycles. The molecular weight excluding hydrogens is 270 g/mol. The molecule has 0 bridgehead atoms. The van der Waals surface area contributed by atoms with E-state index in [9.17, 15) is 4.79 Å². The molecule has 21 heavy (non-hydrogen) atoms. The maximum absolute atomic E-state index is 12.1. The van der Waals surface area contributed by atoms with E-state index in [1.54, 1.807) is 16.8 Å². The molecule has 1 saturated heterocycles. The monoisotopic (exact) mass is 295 g/mol. The lowest BCUT2D eigenvalue weighted by Crippen LogP contribution is -2.50. The van der Waals surface area contributed by atoms with E-state index in [1.807, 2.05) is 20.8 Å². The summed E-state index contributed by atoms with van der Waals surface area (Å²) in [5, 5.41) is 12.7. The van der Waals surface area contributed by atoms with E-state index in [0.717, 1.165) is 19.2 Å². The van der Waals surface area contributed by atoms with Crippen LogP contribution < -0.4 is 0 Å². The number of carbonyl (C=O) groups is 1. The van der Waals surface area contributed by atoms with E-state index in [4.69, 9.17) is 10.1 Å². The fourth-order valence-corrected chi connectivity index (χ4v) is 2.28. The zero-order valence-corrected chi connectivity index (χ0v) is 13.3. The summed E-state index contributed by atoms with van der Waals surface area (Å²) in [6.45, 7) is 12.1. The van der Waals surface area contributed by atoms with Gasteiger partial charge in [-0.25, -0.2) is 14.8 Å². The van der Waals surface area contributed by atoms with Crippen molar-refractivity contribution < 1.29 is 9.53 Å². The summed E-state index contributed by atoms with van der Waals surface area (Å²) in [6.07, 6.45) is 2.43. The van der Waals surface area contributed by atoms with E-state index in [2.05, 4.69) is 16.8 Å². The van der Waals surface area contributed by atoms with E-state index in [1.165, 1.54) is 0 Å². The third kappa shape index (κ3) is 5.17. The summed E-state index contributed by atoms with van der Waals surface area (Å²) in [5.41, 5.74) is -0.502. The van der Waals surface area contributed by atoms with Crippen molar-refractivity contribution in [3.05, 3.63) is 0 Å². The van der Waals surface area contributed by atoms with Crippen molar-refractivity contribution in [3.63, 3.8) is 0 Å². The number of hydrogen-bond acceptors (Lipinski definition) is 4. The second kappa shape index (κ2) is 7.19. The largest absolute Gasteiger partial charge is 0.444 e. The number of nitrogens with zero attached hydrogens (tertiary/aromatic N) is 4. The molecule has 0 saturated carbocycles. The lowest BCUT2D eigenvalue weighted by atomic mass is 10.1. The fraction of sp³-hybridized carbons (Fsp3) is 0.714. The minimum Gasteiger partial charge on any atom is -0.444 e. The van der Waals surface area contributed by atoms with Crippen LogP contribution in [0.4, 0.5) is 4.79 Å². The minimum atomic E-state index is -0.502. The first kappa shape index (κ1) is 17.1. The lowest BCUT2D eigenvalue weighted by Gasteiger charge is -2.37. The van der Waals surface area contributed by atoms with E-state index in [0.29, 0.717) is 18.9 Å². The zero-order chi connectivity index (χ0) is 16.0. The number of amides is 1. The highest BCUT2D eigenvalue weighted by Gasteiger charge is 2.30. The van der Waals surface area contributed by atoms with Gasteiger partial charge in [0.1, 0.15) is 17.8 Å². The minimum absolute atomic E-state index is 0.00692. The average Bonchev–Trinajstić information content (AvgIpc) is 2.38. The predicted molar refractivity (Wildman–Crippen MR) is 84.1 cm³/mol. The Balaban J connectivity index is 2.75. The van der Waals surface area contributed by atoms with Crippen LogP contribution in [0.25, 0.3) is 0 Å². The van der Waals surface area contributed by atoms with E-state index >= 15 is 0 Å². The maximum Gasteiger partial charge on any atom is 0.410 e. The van der Waals surface area contributed by atoms with Gasteiger partial charge in [0.2, 0.25) is 0 Å². The van der Waals surface area contributed by atoms with Gasteiger partial charge in [0.25, 0.3) is 0 Å². The van der Waals surface area contributed by atoms with Crippen molar-refractivity contribution in [3.8, 4) is 0 Å². The van der Waals surface area contributed by atoms with Gasteiger partial charge < -0.3 is 9.64 Å². The SMILES string of the molecule is C=NN(C(C)=NC=N)[C@@H]1CCCN(C(=O)OC(C)(C)C)C1. The van der Waals surface area contributed by atoms with Crippen LogP contribution >= 0.6 is 0 Å². The highest BCUT2D eigenvalue weighted by atomic mass is 16.6. The van der Waals surface area contributed by atoms with Gasteiger partial charge in [-0.2, -0.15) is 5.10 Å². The normalized spacial score (nSPS) is 19.9. The van der Waals surface area contributed by atoms with Crippen LogP contribution in [0.15, 0.2) is 10.1 Å². The van der Waals surface area contributed by atoms with Crippen LogP contribution in [0.5, 0.6) is 0 Å². The topological polar surface area (TPSA) is 81.4 Å². The number of ether oxygens (including phenoxy) is 1. The second-order valence-corrected chi connectivity index (χ2v) is 6.01. The third-order valence-electron chi connectivity index (χ3n) is 3.13. The molecule has 0 aromatic heterocycles. The van der Waals surface area contributed by atoms with Crippen molar-refractivity contribution in [1.82, 2.24) is 9.91 Å². The Hall–Kier alpha value is -1.92. The molecule has 7 heteroatoms. The Labute approximate surface area is 126 Å². The molecule has 1 atom stereocenters. The molecular formula is C14H25N5O2. The average molecular weight is 295 g/mol. The molecule has 0 aromatic carbocycles. The summed E-state index contributed by atoms with van der Waals surface area (Å²) in [4.78, 5) is 17.7. The smallest absolute Gasteiger partial charge is 0.410 e. The van der Waals surface area contributed by atoms with Crippen molar-refractivity contribution in [2.24, 2.45) is 10.1 Å². The molecule has 0 spiro atoms. The van der Waals surface area contributed by atoms with Gasteiger partial charge in [0.15, 0.2) is 0 Å². The van der Waals surface area contributed by atoms with Crippen LogP contribution in [-0.2, 0) is 4.74 Å². The van der Waals surface area contributed by atoms with Crippen LogP contribution in [-0.4, -0.2) is 59.6 Å². The van der Waals surface area contributed by atoms with Gasteiger partial charge in [-0.3, -0.25) is 5.41 Å². The molecule has 0 unspecified atom stereocenters. The number of rotatable bonds is 3. The van der Waals surface area contributed by atoms with Crippen molar-refractivity contribution >= 4 is 25.0 Å². The van der Waals surface area contributed by atoms with E-state index in [-0.39, 0.29) is 12.1 Å². The number of aliphatic imine (C=N–C) groups is 1. The predicted octanol–water partition coefficient (Wildman–Crippen LogP) is 2.33. The highest BCUT2D eigenvalue weighted by molar-refractivity contribution is 5.86. The molecule has 0 aliphatic carbocycles. The molecule has 1 N–H and O–H groups in total. The van der Waals surface area contributed by atoms with Gasteiger partial charge in [-0.15, -0.1) is 0 Å². The maximum atomic E-state index is 12.1. The number of piperidine rings is 1. The van der Waals surface area contributed by atoms with Crippen LogP contribution in [0, 0.1) is 5.41 Å². The molecule has 1 aliphatic rings. The number of likely N-dealkylation sites (tertiary alicyclic amines) is 1. The second-order valence-electron chi connectivity index (χ2n) is 6.01. The summed E-state index contributed by atoms with van der Waals surface area (Å²) in [6, 6.07) is 0.00692. The van der Waals surface area contributed by atoms with Crippen molar-refractivity contribution in [2.75, 3.05) is 13.1 Å². The lowest BCUT2D eigenvalue weighted by molar-refractivity contribution is 0.0150. The molecule has 0 aromatic rings.